The van der Waals surface area contributed by atoms with Gasteiger partial charge in [-0.25, -0.2) is 9.97 Å². The van der Waals surface area contributed by atoms with E-state index in [1.54, 1.807) is 29.4 Å². The molecular formula is C13H21N7S. The van der Waals surface area contributed by atoms with Crippen molar-refractivity contribution in [3.8, 4) is 0 Å². The van der Waals surface area contributed by atoms with Crippen molar-refractivity contribution in [2.75, 3.05) is 14.1 Å². The zero-order valence-corrected chi connectivity index (χ0v) is 13.9. The minimum Gasteiger partial charge on any atom is -0.351 e. The first kappa shape index (κ1) is 15.4. The van der Waals surface area contributed by atoms with E-state index in [2.05, 4.69) is 25.4 Å². The third-order valence-corrected chi connectivity index (χ3v) is 4.24. The number of hydrogen-bond donors (Lipinski definition) is 1. The smallest absolute Gasteiger partial charge is 0.194 e. The number of aromatic nitrogens is 4. The summed E-state index contributed by atoms with van der Waals surface area (Å²) in [5.74, 6) is 1.72. The van der Waals surface area contributed by atoms with Gasteiger partial charge in [-0.15, -0.1) is 11.3 Å². The zero-order chi connectivity index (χ0) is 15.4. The van der Waals surface area contributed by atoms with Crippen LogP contribution in [0.25, 0.3) is 0 Å². The van der Waals surface area contributed by atoms with Gasteiger partial charge in [-0.05, 0) is 13.8 Å². The maximum atomic E-state index is 4.44. The lowest BCUT2D eigenvalue weighted by molar-refractivity contribution is 0.448. The van der Waals surface area contributed by atoms with Crippen molar-refractivity contribution < 1.29 is 0 Å². The molecule has 0 unspecified atom stereocenters. The van der Waals surface area contributed by atoms with E-state index in [-0.39, 0.29) is 0 Å². The molecule has 0 fully saturated rings. The molecule has 0 aromatic carbocycles. The van der Waals surface area contributed by atoms with E-state index < -0.39 is 0 Å². The van der Waals surface area contributed by atoms with E-state index in [0.717, 1.165) is 29.0 Å². The summed E-state index contributed by atoms with van der Waals surface area (Å²) in [6.45, 7) is 5.44. The number of hydrogen-bond acceptors (Lipinski definition) is 5. The van der Waals surface area contributed by atoms with Crippen LogP contribution in [0.2, 0.25) is 0 Å². The fourth-order valence-corrected chi connectivity index (χ4v) is 2.91. The molecule has 2 aromatic heterocycles. The Labute approximate surface area is 128 Å². The average molecular weight is 307 g/mol. The highest BCUT2D eigenvalue weighted by molar-refractivity contribution is 7.11. The van der Waals surface area contributed by atoms with Crippen LogP contribution < -0.4 is 5.32 Å². The topological polar surface area (TPSA) is 71.2 Å². The Morgan fingerprint density at radius 2 is 2.24 bits per heavy atom. The van der Waals surface area contributed by atoms with Crippen molar-refractivity contribution in [3.63, 3.8) is 0 Å². The summed E-state index contributed by atoms with van der Waals surface area (Å²) < 4.78 is 1.76. The molecule has 0 aliphatic heterocycles. The molecule has 0 aliphatic rings. The van der Waals surface area contributed by atoms with Gasteiger partial charge in [-0.3, -0.25) is 9.67 Å². The highest BCUT2D eigenvalue weighted by Gasteiger charge is 2.11. The molecule has 2 heterocycles. The number of aliphatic imine (C=N–C) groups is 1. The molecule has 0 atom stereocenters. The SMILES string of the molecule is CN=C(NCc1sc(C)nc1C)N(C)Cc1ncnn1C. The Morgan fingerprint density at radius 1 is 1.48 bits per heavy atom. The van der Waals surface area contributed by atoms with Crippen LogP contribution in [0.1, 0.15) is 21.4 Å². The van der Waals surface area contributed by atoms with Gasteiger partial charge < -0.3 is 10.2 Å². The summed E-state index contributed by atoms with van der Waals surface area (Å²) in [6, 6.07) is 0. The maximum Gasteiger partial charge on any atom is 0.194 e. The standard InChI is InChI=1S/C13H21N7S/c1-9-11(21-10(2)18-9)6-15-13(14-3)19(4)7-12-16-8-17-20(12)5/h8H,6-7H2,1-5H3,(H,14,15). The van der Waals surface area contributed by atoms with E-state index in [9.17, 15) is 0 Å². The van der Waals surface area contributed by atoms with Crippen LogP contribution >= 0.6 is 11.3 Å². The van der Waals surface area contributed by atoms with Gasteiger partial charge in [0.25, 0.3) is 0 Å². The molecule has 114 valence electrons. The largest absolute Gasteiger partial charge is 0.351 e. The number of nitrogens with zero attached hydrogens (tertiary/aromatic N) is 6. The van der Waals surface area contributed by atoms with Crippen LogP contribution in [0.5, 0.6) is 0 Å². The molecule has 2 aromatic rings. The van der Waals surface area contributed by atoms with E-state index in [1.165, 1.54) is 4.88 Å². The summed E-state index contributed by atoms with van der Waals surface area (Å²) in [5, 5.41) is 8.52. The van der Waals surface area contributed by atoms with Gasteiger partial charge in [0.1, 0.15) is 12.2 Å². The lowest BCUT2D eigenvalue weighted by Crippen LogP contribution is -2.38. The monoisotopic (exact) mass is 307 g/mol. The summed E-state index contributed by atoms with van der Waals surface area (Å²) in [5.41, 5.74) is 1.08. The van der Waals surface area contributed by atoms with E-state index in [4.69, 9.17) is 0 Å². The number of nitrogens with one attached hydrogen (secondary N) is 1. The summed E-state index contributed by atoms with van der Waals surface area (Å²) >= 11 is 1.71. The number of guanidine groups is 1. The van der Waals surface area contributed by atoms with Crippen molar-refractivity contribution >= 4 is 17.3 Å². The van der Waals surface area contributed by atoms with Crippen LogP contribution in [0.15, 0.2) is 11.3 Å². The van der Waals surface area contributed by atoms with Gasteiger partial charge in [0.2, 0.25) is 0 Å². The van der Waals surface area contributed by atoms with Gasteiger partial charge in [-0.2, -0.15) is 5.10 Å². The zero-order valence-electron chi connectivity index (χ0n) is 13.1. The molecule has 0 bridgehead atoms. The second-order valence-corrected chi connectivity index (χ2v) is 6.09. The summed E-state index contributed by atoms with van der Waals surface area (Å²) in [4.78, 5) is 16.2. The lowest BCUT2D eigenvalue weighted by atomic mass is 10.4. The molecule has 0 amide bonds. The molecular weight excluding hydrogens is 286 g/mol. The van der Waals surface area contributed by atoms with Crippen molar-refractivity contribution in [2.45, 2.75) is 26.9 Å². The Kier molecular flexibility index (Phi) is 4.89. The van der Waals surface area contributed by atoms with Crippen molar-refractivity contribution in [1.82, 2.24) is 30.0 Å². The molecule has 7 nitrogen and oxygen atoms in total. The predicted molar refractivity (Wildman–Crippen MR) is 84.3 cm³/mol. The molecule has 1 N–H and O–H groups in total. The number of aryl methyl sites for hydroxylation is 3. The maximum absolute atomic E-state index is 4.44. The molecule has 0 spiro atoms. The van der Waals surface area contributed by atoms with E-state index in [1.807, 2.05) is 32.8 Å². The Morgan fingerprint density at radius 3 is 2.76 bits per heavy atom. The molecule has 0 saturated heterocycles. The Hall–Kier alpha value is -1.96. The second-order valence-electron chi connectivity index (χ2n) is 4.80. The second kappa shape index (κ2) is 6.66. The highest BCUT2D eigenvalue weighted by Crippen LogP contribution is 2.16. The molecule has 21 heavy (non-hydrogen) atoms. The first-order valence-electron chi connectivity index (χ1n) is 6.68. The van der Waals surface area contributed by atoms with E-state index >= 15 is 0 Å². The first-order chi connectivity index (χ1) is 10.0. The van der Waals surface area contributed by atoms with Crippen LogP contribution in [0.3, 0.4) is 0 Å². The molecule has 0 saturated carbocycles. The molecule has 8 heteroatoms. The van der Waals surface area contributed by atoms with Gasteiger partial charge in [-0.1, -0.05) is 0 Å². The Balaban J connectivity index is 1.97. The number of thiazole rings is 1. The van der Waals surface area contributed by atoms with Crippen LogP contribution in [0.4, 0.5) is 0 Å². The van der Waals surface area contributed by atoms with Crippen LogP contribution in [0, 0.1) is 13.8 Å². The summed E-state index contributed by atoms with van der Waals surface area (Å²) in [7, 11) is 5.64. The normalized spacial score (nSPS) is 11.8. The van der Waals surface area contributed by atoms with Gasteiger partial charge >= 0.3 is 0 Å². The third kappa shape index (κ3) is 3.78. The van der Waals surface area contributed by atoms with Crippen molar-refractivity contribution in [3.05, 3.63) is 27.7 Å². The molecule has 2 rings (SSSR count). The molecule has 0 radical (unpaired) electrons. The lowest BCUT2D eigenvalue weighted by Gasteiger charge is -2.21. The van der Waals surface area contributed by atoms with E-state index in [0.29, 0.717) is 6.54 Å². The number of rotatable bonds is 4. The van der Waals surface area contributed by atoms with Gasteiger partial charge in [0.15, 0.2) is 5.96 Å². The predicted octanol–water partition coefficient (Wildman–Crippen LogP) is 1.10. The molecule has 0 aliphatic carbocycles. The highest BCUT2D eigenvalue weighted by atomic mass is 32.1. The minimum absolute atomic E-state index is 0.650. The van der Waals surface area contributed by atoms with Crippen LogP contribution in [-0.4, -0.2) is 44.7 Å². The third-order valence-electron chi connectivity index (χ3n) is 3.16. The van der Waals surface area contributed by atoms with Gasteiger partial charge in [0.05, 0.1) is 23.8 Å². The fraction of sp³-hybridized carbons (Fsp3) is 0.538. The summed E-state index contributed by atoms with van der Waals surface area (Å²) in [6.07, 6.45) is 1.56. The average Bonchev–Trinajstić information content (AvgIpc) is 2.97. The fourth-order valence-electron chi connectivity index (χ4n) is 2.03. The van der Waals surface area contributed by atoms with Crippen molar-refractivity contribution in [2.24, 2.45) is 12.0 Å². The Bertz CT molecular complexity index is 628. The first-order valence-corrected chi connectivity index (χ1v) is 7.50. The minimum atomic E-state index is 0.650. The van der Waals surface area contributed by atoms with Crippen molar-refractivity contribution in [1.29, 1.82) is 0 Å². The van der Waals surface area contributed by atoms with Crippen LogP contribution in [-0.2, 0) is 20.1 Å². The van der Waals surface area contributed by atoms with Gasteiger partial charge in [0, 0.05) is 26.0 Å². The quantitative estimate of drug-likeness (QED) is 0.676.